The molecule has 1 aromatic heterocycles. The number of carbonyl (C=O) groups excluding carboxylic acids is 1. The molecule has 1 aromatic carbocycles. The highest BCUT2D eigenvalue weighted by Crippen LogP contribution is 2.30. The Balaban J connectivity index is 1.68. The van der Waals surface area contributed by atoms with E-state index in [2.05, 4.69) is 22.1 Å². The van der Waals surface area contributed by atoms with E-state index in [4.69, 9.17) is 0 Å². The smallest absolute Gasteiger partial charge is 0.234 e. The van der Waals surface area contributed by atoms with Crippen molar-refractivity contribution in [2.24, 2.45) is 0 Å². The molecular weight excluding hydrogens is 372 g/mol. The maximum absolute atomic E-state index is 12.1. The van der Waals surface area contributed by atoms with Gasteiger partial charge in [-0.05, 0) is 18.6 Å². The van der Waals surface area contributed by atoms with Gasteiger partial charge in [-0.2, -0.15) is 0 Å². The van der Waals surface area contributed by atoms with Crippen molar-refractivity contribution in [2.45, 2.75) is 24.0 Å². The van der Waals surface area contributed by atoms with Crippen molar-refractivity contribution in [1.29, 1.82) is 0 Å². The number of aromatic nitrogens is 3. The number of hydrogen-bond acceptors (Lipinski definition) is 6. The van der Waals surface area contributed by atoms with E-state index in [0.29, 0.717) is 23.9 Å². The number of carbonyl (C=O) groups is 1. The van der Waals surface area contributed by atoms with E-state index >= 15 is 0 Å². The van der Waals surface area contributed by atoms with E-state index in [1.165, 1.54) is 11.8 Å². The van der Waals surface area contributed by atoms with Gasteiger partial charge in [-0.15, -0.1) is 16.8 Å². The summed E-state index contributed by atoms with van der Waals surface area (Å²) in [6.07, 6.45) is 2.27. The monoisotopic (exact) mass is 392 g/mol. The highest BCUT2D eigenvalue weighted by molar-refractivity contribution is 7.99. The molecule has 2 heterocycles. The first-order valence-corrected chi connectivity index (χ1v) is 11.0. The van der Waals surface area contributed by atoms with Crippen LogP contribution < -0.4 is 5.32 Å². The van der Waals surface area contributed by atoms with E-state index in [9.17, 15) is 13.2 Å². The number of rotatable bonds is 7. The largest absolute Gasteiger partial charge is 0.325 e. The van der Waals surface area contributed by atoms with Crippen LogP contribution in [-0.4, -0.2) is 46.3 Å². The van der Waals surface area contributed by atoms with E-state index in [1.807, 2.05) is 34.9 Å². The predicted molar refractivity (Wildman–Crippen MR) is 102 cm³/mol. The number of nitrogens with zero attached hydrogens (tertiary/aromatic N) is 3. The lowest BCUT2D eigenvalue weighted by Gasteiger charge is -2.11. The molecule has 1 amide bonds. The Morgan fingerprint density at radius 1 is 1.35 bits per heavy atom. The van der Waals surface area contributed by atoms with Gasteiger partial charge in [-0.3, -0.25) is 4.79 Å². The molecule has 1 unspecified atom stereocenters. The van der Waals surface area contributed by atoms with Crippen molar-refractivity contribution in [3.8, 4) is 0 Å². The Hall–Kier alpha value is -2.13. The Kier molecular flexibility index (Phi) is 5.77. The standard InChI is InChI=1S/C17H20N4O3S2/c1-2-9-21-16(13-8-10-26(23,24)12-13)19-20-17(21)25-11-15(22)18-14-6-4-3-5-7-14/h2-7,13H,1,8-12H2,(H,18,22). The van der Waals surface area contributed by atoms with Gasteiger partial charge in [0.15, 0.2) is 15.0 Å². The van der Waals surface area contributed by atoms with Crippen LogP contribution in [-0.2, 0) is 21.2 Å². The second kappa shape index (κ2) is 8.05. The predicted octanol–water partition coefficient (Wildman–Crippen LogP) is 2.10. The van der Waals surface area contributed by atoms with E-state index < -0.39 is 9.84 Å². The lowest BCUT2D eigenvalue weighted by atomic mass is 10.1. The number of para-hydroxylation sites is 1. The minimum Gasteiger partial charge on any atom is -0.325 e. The third kappa shape index (κ3) is 4.53. The van der Waals surface area contributed by atoms with E-state index in [-0.39, 0.29) is 29.1 Å². The van der Waals surface area contributed by atoms with Gasteiger partial charge in [0.2, 0.25) is 5.91 Å². The Labute approximate surface area is 156 Å². The van der Waals surface area contributed by atoms with E-state index in [0.717, 1.165) is 5.69 Å². The summed E-state index contributed by atoms with van der Waals surface area (Å²) < 4.78 is 25.3. The van der Waals surface area contributed by atoms with Gasteiger partial charge in [-0.1, -0.05) is 36.0 Å². The zero-order valence-electron chi connectivity index (χ0n) is 14.2. The Bertz CT molecular complexity index is 894. The number of amides is 1. The molecule has 0 spiro atoms. The summed E-state index contributed by atoms with van der Waals surface area (Å²) in [6.45, 7) is 4.21. The molecule has 1 aliphatic heterocycles. The van der Waals surface area contributed by atoms with Gasteiger partial charge in [0.25, 0.3) is 0 Å². The lowest BCUT2D eigenvalue weighted by Crippen LogP contribution is -2.15. The van der Waals surface area contributed by atoms with Crippen LogP contribution >= 0.6 is 11.8 Å². The number of sulfone groups is 1. The zero-order chi connectivity index (χ0) is 18.6. The number of nitrogens with one attached hydrogen (secondary N) is 1. The van der Waals surface area contributed by atoms with Crippen molar-refractivity contribution in [1.82, 2.24) is 14.8 Å². The summed E-state index contributed by atoms with van der Waals surface area (Å²) in [4.78, 5) is 12.1. The van der Waals surface area contributed by atoms with Crippen LogP contribution in [0, 0.1) is 0 Å². The summed E-state index contributed by atoms with van der Waals surface area (Å²) in [6, 6.07) is 9.23. The first kappa shape index (κ1) is 18.7. The Morgan fingerprint density at radius 3 is 2.77 bits per heavy atom. The van der Waals surface area contributed by atoms with Gasteiger partial charge < -0.3 is 9.88 Å². The van der Waals surface area contributed by atoms with Crippen LogP contribution in [0.1, 0.15) is 18.2 Å². The summed E-state index contributed by atoms with van der Waals surface area (Å²) in [5, 5.41) is 11.8. The molecule has 138 valence electrons. The molecule has 9 heteroatoms. The molecule has 0 bridgehead atoms. The maximum atomic E-state index is 12.1. The average Bonchev–Trinajstić information content (AvgIpc) is 3.17. The summed E-state index contributed by atoms with van der Waals surface area (Å²) in [5.41, 5.74) is 0.738. The highest BCUT2D eigenvalue weighted by atomic mass is 32.2. The molecule has 1 atom stereocenters. The van der Waals surface area contributed by atoms with Crippen molar-refractivity contribution in [3.63, 3.8) is 0 Å². The first-order valence-electron chi connectivity index (χ1n) is 8.20. The molecule has 26 heavy (non-hydrogen) atoms. The van der Waals surface area contributed by atoms with Gasteiger partial charge in [0.1, 0.15) is 5.82 Å². The van der Waals surface area contributed by atoms with Crippen molar-refractivity contribution in [3.05, 3.63) is 48.8 Å². The molecular formula is C17H20N4O3S2. The first-order chi connectivity index (χ1) is 12.5. The summed E-state index contributed by atoms with van der Waals surface area (Å²) >= 11 is 1.27. The molecule has 1 fully saturated rings. The van der Waals surface area contributed by atoms with Crippen LogP contribution in [0.25, 0.3) is 0 Å². The minimum absolute atomic E-state index is 0.0986. The third-order valence-electron chi connectivity index (χ3n) is 4.04. The maximum Gasteiger partial charge on any atom is 0.234 e. The number of anilines is 1. The highest BCUT2D eigenvalue weighted by Gasteiger charge is 2.33. The Morgan fingerprint density at radius 2 is 2.12 bits per heavy atom. The molecule has 2 aromatic rings. The molecule has 3 rings (SSSR count). The van der Waals surface area contributed by atoms with Gasteiger partial charge >= 0.3 is 0 Å². The zero-order valence-corrected chi connectivity index (χ0v) is 15.8. The number of benzene rings is 1. The fraction of sp³-hybridized carbons (Fsp3) is 0.353. The SMILES string of the molecule is C=CCn1c(SCC(=O)Nc2ccccc2)nnc1C1CCS(=O)(=O)C1. The summed E-state index contributed by atoms with van der Waals surface area (Å²) in [5.74, 6) is 0.825. The average molecular weight is 393 g/mol. The van der Waals surface area contributed by atoms with Crippen molar-refractivity contribution in [2.75, 3.05) is 22.6 Å². The second-order valence-corrected chi connectivity index (χ2v) is 9.21. The van der Waals surface area contributed by atoms with Gasteiger partial charge in [-0.25, -0.2) is 8.42 Å². The molecule has 0 aliphatic carbocycles. The molecule has 1 aliphatic rings. The van der Waals surface area contributed by atoms with Crippen LogP contribution in [0.2, 0.25) is 0 Å². The van der Waals surface area contributed by atoms with Gasteiger partial charge in [0.05, 0.1) is 17.3 Å². The lowest BCUT2D eigenvalue weighted by molar-refractivity contribution is -0.113. The second-order valence-electron chi connectivity index (χ2n) is 6.04. The number of thioether (sulfide) groups is 1. The fourth-order valence-electron chi connectivity index (χ4n) is 2.86. The van der Waals surface area contributed by atoms with Crippen molar-refractivity contribution >= 4 is 33.2 Å². The molecule has 1 N–H and O–H groups in total. The summed E-state index contributed by atoms with van der Waals surface area (Å²) in [7, 11) is -3.00. The van der Waals surface area contributed by atoms with Crippen LogP contribution in [0.3, 0.4) is 0 Å². The molecule has 1 saturated heterocycles. The minimum atomic E-state index is -3.00. The molecule has 0 saturated carbocycles. The van der Waals surface area contributed by atoms with Gasteiger partial charge in [0, 0.05) is 18.2 Å². The molecule has 0 radical (unpaired) electrons. The van der Waals surface area contributed by atoms with Crippen LogP contribution in [0.5, 0.6) is 0 Å². The van der Waals surface area contributed by atoms with Crippen LogP contribution in [0.15, 0.2) is 48.1 Å². The topological polar surface area (TPSA) is 93.9 Å². The quantitative estimate of drug-likeness (QED) is 0.573. The van der Waals surface area contributed by atoms with E-state index in [1.54, 1.807) is 6.08 Å². The number of allylic oxidation sites excluding steroid dienone is 1. The third-order valence-corrected chi connectivity index (χ3v) is 6.78. The number of hydrogen-bond donors (Lipinski definition) is 1. The fourth-order valence-corrected chi connectivity index (χ4v) is 5.35. The normalized spacial score (nSPS) is 18.5. The molecule has 7 nitrogen and oxygen atoms in total. The van der Waals surface area contributed by atoms with Crippen molar-refractivity contribution < 1.29 is 13.2 Å². The van der Waals surface area contributed by atoms with Crippen LogP contribution in [0.4, 0.5) is 5.69 Å².